The SMILES string of the molecule is CCCCCCCCCCCCOCCOCCOCCNc1ccc([N+](=O)[O-])cc1[N+](=O)[O-]. The van der Waals surface area contributed by atoms with Crippen molar-refractivity contribution in [1.29, 1.82) is 0 Å². The van der Waals surface area contributed by atoms with Gasteiger partial charge in [0, 0.05) is 19.2 Å². The highest BCUT2D eigenvalue weighted by Gasteiger charge is 2.18. The van der Waals surface area contributed by atoms with E-state index in [4.69, 9.17) is 14.2 Å². The van der Waals surface area contributed by atoms with Gasteiger partial charge in [-0.25, -0.2) is 0 Å². The Morgan fingerprint density at radius 1 is 0.706 bits per heavy atom. The van der Waals surface area contributed by atoms with Crippen LogP contribution in [0.4, 0.5) is 17.1 Å². The maximum Gasteiger partial charge on any atom is 0.299 e. The zero-order chi connectivity index (χ0) is 24.9. The van der Waals surface area contributed by atoms with Crippen molar-refractivity contribution < 1.29 is 24.1 Å². The predicted octanol–water partition coefficient (Wildman–Crippen LogP) is 5.89. The smallest absolute Gasteiger partial charge is 0.299 e. The van der Waals surface area contributed by atoms with Crippen molar-refractivity contribution >= 4 is 17.1 Å². The van der Waals surface area contributed by atoms with Gasteiger partial charge in [-0.3, -0.25) is 20.2 Å². The Morgan fingerprint density at radius 3 is 1.79 bits per heavy atom. The maximum atomic E-state index is 11.1. The van der Waals surface area contributed by atoms with E-state index in [-0.39, 0.29) is 17.1 Å². The van der Waals surface area contributed by atoms with Gasteiger partial charge in [-0.1, -0.05) is 64.7 Å². The van der Waals surface area contributed by atoms with Crippen LogP contribution in [0, 0.1) is 20.2 Å². The lowest BCUT2D eigenvalue weighted by atomic mass is 10.1. The van der Waals surface area contributed by atoms with Gasteiger partial charge in [0.15, 0.2) is 0 Å². The molecule has 194 valence electrons. The van der Waals surface area contributed by atoms with E-state index >= 15 is 0 Å². The van der Waals surface area contributed by atoms with E-state index < -0.39 is 9.85 Å². The number of non-ortho nitro benzene ring substituents is 1. The van der Waals surface area contributed by atoms with Crippen molar-refractivity contribution in [2.45, 2.75) is 71.1 Å². The molecule has 10 nitrogen and oxygen atoms in total. The van der Waals surface area contributed by atoms with Gasteiger partial charge in [0.05, 0.1) is 48.9 Å². The fraction of sp³-hybridized carbons (Fsp3) is 0.750. The first-order valence-electron chi connectivity index (χ1n) is 12.5. The Bertz CT molecular complexity index is 689. The number of hydrogen-bond acceptors (Lipinski definition) is 8. The third kappa shape index (κ3) is 14.8. The van der Waals surface area contributed by atoms with Crippen molar-refractivity contribution in [2.75, 3.05) is 51.5 Å². The largest absolute Gasteiger partial charge is 0.379 e. The first-order chi connectivity index (χ1) is 16.6. The minimum Gasteiger partial charge on any atom is -0.379 e. The quantitative estimate of drug-likeness (QED) is 0.116. The van der Waals surface area contributed by atoms with Gasteiger partial charge in [-0.05, 0) is 12.5 Å². The Balaban J connectivity index is 1.90. The van der Waals surface area contributed by atoms with Crippen LogP contribution in [0.15, 0.2) is 18.2 Å². The standard InChI is InChI=1S/C24H41N3O7/c1-2-3-4-5-6-7-8-9-10-11-15-32-17-19-34-20-18-33-16-14-25-23-13-12-22(26(28)29)21-24(23)27(30)31/h12-13,21,25H,2-11,14-20H2,1H3. The number of nitrogens with zero attached hydrogens (tertiary/aromatic N) is 2. The molecule has 0 bridgehead atoms. The molecule has 0 fully saturated rings. The minimum absolute atomic E-state index is 0.218. The molecule has 34 heavy (non-hydrogen) atoms. The van der Waals surface area contributed by atoms with E-state index in [9.17, 15) is 20.2 Å². The van der Waals surface area contributed by atoms with Crippen molar-refractivity contribution in [2.24, 2.45) is 0 Å². The molecule has 0 amide bonds. The molecule has 0 aromatic heterocycles. The number of nitrogens with one attached hydrogen (secondary N) is 1. The summed E-state index contributed by atoms with van der Waals surface area (Å²) in [6.07, 6.45) is 13.1. The van der Waals surface area contributed by atoms with Crippen molar-refractivity contribution in [3.8, 4) is 0 Å². The van der Waals surface area contributed by atoms with Crippen LogP contribution >= 0.6 is 0 Å². The Hall–Kier alpha value is -2.30. The lowest BCUT2D eigenvalue weighted by Gasteiger charge is -2.09. The molecule has 0 radical (unpaired) electrons. The van der Waals surface area contributed by atoms with Crippen LogP contribution in [-0.4, -0.2) is 56.0 Å². The van der Waals surface area contributed by atoms with E-state index in [1.807, 2.05) is 0 Å². The summed E-state index contributed by atoms with van der Waals surface area (Å²) in [6.45, 7) is 5.63. The Kier molecular flexibility index (Phi) is 17.6. The zero-order valence-corrected chi connectivity index (χ0v) is 20.5. The second-order valence-electron chi connectivity index (χ2n) is 8.16. The summed E-state index contributed by atoms with van der Waals surface area (Å²) < 4.78 is 16.5. The summed E-state index contributed by atoms with van der Waals surface area (Å²) in [5.74, 6) is 0. The van der Waals surface area contributed by atoms with Crippen LogP contribution in [-0.2, 0) is 14.2 Å². The molecule has 0 atom stereocenters. The third-order valence-corrected chi connectivity index (χ3v) is 5.34. The molecular weight excluding hydrogens is 442 g/mol. The van der Waals surface area contributed by atoms with Crippen LogP contribution in [0.5, 0.6) is 0 Å². The maximum absolute atomic E-state index is 11.1. The second kappa shape index (κ2) is 20.1. The number of nitro groups is 2. The summed E-state index contributed by atoms with van der Waals surface area (Å²) in [5, 5.41) is 24.7. The van der Waals surface area contributed by atoms with Gasteiger partial charge in [0.2, 0.25) is 0 Å². The number of rotatable bonds is 23. The molecule has 1 aromatic carbocycles. The van der Waals surface area contributed by atoms with Gasteiger partial charge in [-0.2, -0.15) is 0 Å². The molecule has 10 heteroatoms. The van der Waals surface area contributed by atoms with Crippen LogP contribution < -0.4 is 5.32 Å². The van der Waals surface area contributed by atoms with Gasteiger partial charge in [0.1, 0.15) is 5.69 Å². The highest BCUT2D eigenvalue weighted by Crippen LogP contribution is 2.28. The molecule has 0 aliphatic carbocycles. The fourth-order valence-corrected chi connectivity index (χ4v) is 3.43. The van der Waals surface area contributed by atoms with Crippen molar-refractivity contribution in [1.82, 2.24) is 0 Å². The van der Waals surface area contributed by atoms with E-state index in [2.05, 4.69) is 12.2 Å². The molecule has 0 spiro atoms. The number of ether oxygens (including phenoxy) is 3. The van der Waals surface area contributed by atoms with Crippen molar-refractivity contribution in [3.63, 3.8) is 0 Å². The van der Waals surface area contributed by atoms with Gasteiger partial charge >= 0.3 is 0 Å². The van der Waals surface area contributed by atoms with Crippen molar-refractivity contribution in [3.05, 3.63) is 38.4 Å². The number of unbranched alkanes of at least 4 members (excludes halogenated alkanes) is 9. The second-order valence-corrected chi connectivity index (χ2v) is 8.16. The van der Waals surface area contributed by atoms with Gasteiger partial charge in [0.25, 0.3) is 11.4 Å². The lowest BCUT2D eigenvalue weighted by molar-refractivity contribution is -0.393. The molecule has 1 rings (SSSR count). The Labute approximate surface area is 202 Å². The minimum atomic E-state index is -0.664. The number of anilines is 1. The highest BCUT2D eigenvalue weighted by atomic mass is 16.6. The first-order valence-corrected chi connectivity index (χ1v) is 12.5. The molecule has 0 saturated heterocycles. The van der Waals surface area contributed by atoms with E-state index in [0.717, 1.165) is 19.1 Å². The van der Waals surface area contributed by atoms with Crippen LogP contribution in [0.2, 0.25) is 0 Å². The molecule has 0 unspecified atom stereocenters. The summed E-state index contributed by atoms with van der Waals surface area (Å²) >= 11 is 0. The number of benzene rings is 1. The van der Waals surface area contributed by atoms with Crippen LogP contribution in [0.1, 0.15) is 71.1 Å². The monoisotopic (exact) mass is 483 g/mol. The molecule has 0 aliphatic rings. The average Bonchev–Trinajstić information content (AvgIpc) is 2.82. The summed E-state index contributed by atoms with van der Waals surface area (Å²) in [7, 11) is 0. The topological polar surface area (TPSA) is 126 Å². The molecular formula is C24H41N3O7. The van der Waals surface area contributed by atoms with Crippen LogP contribution in [0.25, 0.3) is 0 Å². The van der Waals surface area contributed by atoms with E-state index in [0.29, 0.717) is 39.6 Å². The van der Waals surface area contributed by atoms with E-state index in [1.165, 1.54) is 69.9 Å². The van der Waals surface area contributed by atoms with Gasteiger partial charge < -0.3 is 19.5 Å². The first kappa shape index (κ1) is 29.7. The summed E-state index contributed by atoms with van der Waals surface area (Å²) in [5.41, 5.74) is -0.441. The number of hydrogen-bond donors (Lipinski definition) is 1. The number of nitro benzene ring substituents is 2. The van der Waals surface area contributed by atoms with Crippen LogP contribution in [0.3, 0.4) is 0 Å². The molecule has 0 heterocycles. The highest BCUT2D eigenvalue weighted by molar-refractivity contribution is 5.65. The van der Waals surface area contributed by atoms with Gasteiger partial charge in [-0.15, -0.1) is 0 Å². The third-order valence-electron chi connectivity index (χ3n) is 5.34. The molecule has 0 saturated carbocycles. The van der Waals surface area contributed by atoms with E-state index in [1.54, 1.807) is 0 Å². The zero-order valence-electron chi connectivity index (χ0n) is 20.5. The molecule has 1 aromatic rings. The predicted molar refractivity (Wildman–Crippen MR) is 133 cm³/mol. The Morgan fingerprint density at radius 2 is 1.24 bits per heavy atom. The summed E-state index contributed by atoms with van der Waals surface area (Å²) in [4.78, 5) is 20.5. The molecule has 0 aliphatic heterocycles. The fourth-order valence-electron chi connectivity index (χ4n) is 3.43. The summed E-state index contributed by atoms with van der Waals surface area (Å²) in [6, 6.07) is 3.49. The molecule has 1 N–H and O–H groups in total. The lowest BCUT2D eigenvalue weighted by Crippen LogP contribution is -2.14. The average molecular weight is 484 g/mol. The normalized spacial score (nSPS) is 11.0.